The van der Waals surface area contributed by atoms with Gasteiger partial charge in [0.05, 0.1) is 23.9 Å². The van der Waals surface area contributed by atoms with Crippen molar-refractivity contribution >= 4 is 39.5 Å². The van der Waals surface area contributed by atoms with Gasteiger partial charge < -0.3 is 9.47 Å². The van der Waals surface area contributed by atoms with Gasteiger partial charge in [-0.2, -0.15) is 8.42 Å². The first-order valence-electron chi connectivity index (χ1n) is 8.99. The van der Waals surface area contributed by atoms with Gasteiger partial charge in [-0.25, -0.2) is 0 Å². The van der Waals surface area contributed by atoms with E-state index in [1.54, 1.807) is 12.1 Å². The summed E-state index contributed by atoms with van der Waals surface area (Å²) >= 11 is 5.91. The largest absolute Gasteiger partial charge is 0.487 e. The van der Waals surface area contributed by atoms with E-state index in [1.807, 2.05) is 0 Å². The van der Waals surface area contributed by atoms with Gasteiger partial charge in [-0.3, -0.25) is 23.5 Å². The van der Waals surface area contributed by atoms with Crippen LogP contribution in [0, 0.1) is 0 Å². The molecule has 31 heavy (non-hydrogen) atoms. The topological polar surface area (TPSA) is 116 Å². The minimum absolute atomic E-state index is 0.0267. The fourth-order valence-electron chi connectivity index (χ4n) is 2.99. The second kappa shape index (κ2) is 9.04. The summed E-state index contributed by atoms with van der Waals surface area (Å²) in [6.07, 6.45) is -0.368. The van der Waals surface area contributed by atoms with Crippen molar-refractivity contribution in [3.63, 3.8) is 0 Å². The average Bonchev–Trinajstić information content (AvgIpc) is 2.91. The van der Waals surface area contributed by atoms with Gasteiger partial charge in [-0.1, -0.05) is 23.7 Å². The van der Waals surface area contributed by atoms with E-state index in [9.17, 15) is 22.8 Å². The molecule has 0 saturated carbocycles. The number of nitrogens with zero attached hydrogens (tertiary/aromatic N) is 1. The van der Waals surface area contributed by atoms with Crippen LogP contribution in [0.4, 0.5) is 0 Å². The number of hydrogen-bond donors (Lipinski definition) is 0. The zero-order valence-electron chi connectivity index (χ0n) is 16.5. The maximum Gasteiger partial charge on any atom is 0.308 e. The molecule has 2 aromatic carbocycles. The van der Waals surface area contributed by atoms with Gasteiger partial charge in [0.25, 0.3) is 21.9 Å². The Bertz CT molecular complexity index is 1110. The molecular formula is C20H18ClNO8S. The maximum absolute atomic E-state index is 12.6. The molecule has 1 heterocycles. The molecule has 0 N–H and O–H groups in total. The molecule has 1 aliphatic rings. The normalized spacial score (nSPS) is 14.4. The molecule has 1 unspecified atom stereocenters. The molecule has 0 spiro atoms. The number of rotatable bonds is 8. The molecule has 2 amide bonds. The number of hydrogen-bond acceptors (Lipinski definition) is 8. The Morgan fingerprint density at radius 2 is 1.68 bits per heavy atom. The molecule has 0 aliphatic carbocycles. The summed E-state index contributed by atoms with van der Waals surface area (Å²) < 4.78 is 39.1. The summed E-state index contributed by atoms with van der Waals surface area (Å²) in [7, 11) is -3.94. The molecule has 9 nitrogen and oxygen atoms in total. The van der Waals surface area contributed by atoms with Gasteiger partial charge in [0, 0.05) is 18.0 Å². The van der Waals surface area contributed by atoms with Crippen LogP contribution in [0.2, 0.25) is 5.02 Å². The highest BCUT2D eigenvalue weighted by molar-refractivity contribution is 7.86. The lowest BCUT2D eigenvalue weighted by atomic mass is 10.1. The van der Waals surface area contributed by atoms with E-state index in [0.717, 1.165) is 11.2 Å². The first kappa shape index (κ1) is 22.7. The van der Waals surface area contributed by atoms with E-state index >= 15 is 0 Å². The molecular weight excluding hydrogens is 450 g/mol. The van der Waals surface area contributed by atoms with Crippen molar-refractivity contribution in [3.05, 3.63) is 58.6 Å². The number of fused-ring (bicyclic) bond motifs is 1. The lowest BCUT2D eigenvalue weighted by molar-refractivity contribution is -0.132. The average molecular weight is 468 g/mol. The predicted octanol–water partition coefficient (Wildman–Crippen LogP) is 2.29. The van der Waals surface area contributed by atoms with Gasteiger partial charge in [-0.15, -0.1) is 0 Å². The fourth-order valence-corrected chi connectivity index (χ4v) is 3.76. The summed E-state index contributed by atoms with van der Waals surface area (Å²) in [6.45, 7) is 0.467. The van der Waals surface area contributed by atoms with E-state index in [-0.39, 0.29) is 35.8 Å². The summed E-state index contributed by atoms with van der Waals surface area (Å²) in [5, 5.41) is 0.290. The van der Waals surface area contributed by atoms with E-state index in [0.29, 0.717) is 5.02 Å². The number of carbonyl (C=O) groups is 3. The molecule has 3 rings (SSSR count). The van der Waals surface area contributed by atoms with Crippen LogP contribution in [-0.4, -0.2) is 56.6 Å². The Balaban J connectivity index is 1.80. The van der Waals surface area contributed by atoms with Gasteiger partial charge in [0.2, 0.25) is 0 Å². The van der Waals surface area contributed by atoms with Crippen LogP contribution in [0.5, 0.6) is 11.5 Å². The van der Waals surface area contributed by atoms with Gasteiger partial charge >= 0.3 is 5.97 Å². The first-order chi connectivity index (χ1) is 14.5. The first-order valence-corrected chi connectivity index (χ1v) is 11.2. The standard InChI is InChI=1S/C20H18ClNO8S/c1-12(23)29-18-9-13(21)7-8-17(18)28-11-14(30-31(2,26)27)10-22-19(24)15-5-3-4-6-16(15)20(22)25/h3-9,14H,10-11H2,1-2H3. The Labute approximate surface area is 183 Å². The van der Waals surface area contributed by atoms with Crippen molar-refractivity contribution in [1.29, 1.82) is 0 Å². The number of benzene rings is 2. The highest BCUT2D eigenvalue weighted by Gasteiger charge is 2.37. The lowest BCUT2D eigenvalue weighted by Gasteiger charge is -2.22. The Hall–Kier alpha value is -2.95. The minimum atomic E-state index is -3.94. The molecule has 0 radical (unpaired) electrons. The van der Waals surface area contributed by atoms with Crippen LogP contribution in [0.15, 0.2) is 42.5 Å². The van der Waals surface area contributed by atoms with E-state index in [4.69, 9.17) is 25.3 Å². The number of halogens is 1. The van der Waals surface area contributed by atoms with Crippen molar-refractivity contribution in [2.24, 2.45) is 0 Å². The van der Waals surface area contributed by atoms with E-state index in [2.05, 4.69) is 0 Å². The Morgan fingerprint density at radius 3 is 2.23 bits per heavy atom. The number of ether oxygens (including phenoxy) is 2. The lowest BCUT2D eigenvalue weighted by Crippen LogP contribution is -2.41. The third kappa shape index (κ3) is 5.60. The smallest absolute Gasteiger partial charge is 0.308 e. The van der Waals surface area contributed by atoms with Crippen LogP contribution in [0.25, 0.3) is 0 Å². The summed E-state index contributed by atoms with van der Waals surface area (Å²) in [6, 6.07) is 10.5. The SMILES string of the molecule is CC(=O)Oc1cc(Cl)ccc1OCC(CN1C(=O)c2ccccc2C1=O)OS(C)(=O)=O. The highest BCUT2D eigenvalue weighted by Crippen LogP contribution is 2.31. The summed E-state index contributed by atoms with van der Waals surface area (Å²) in [5.74, 6) is -1.60. The quantitative estimate of drug-likeness (QED) is 0.251. The molecule has 1 atom stereocenters. The van der Waals surface area contributed by atoms with Crippen molar-refractivity contribution in [3.8, 4) is 11.5 Å². The zero-order valence-corrected chi connectivity index (χ0v) is 18.1. The fraction of sp³-hybridized carbons (Fsp3) is 0.250. The maximum atomic E-state index is 12.6. The van der Waals surface area contributed by atoms with Gasteiger partial charge in [0.15, 0.2) is 11.5 Å². The molecule has 2 aromatic rings. The van der Waals surface area contributed by atoms with Crippen LogP contribution in [0.1, 0.15) is 27.6 Å². The van der Waals surface area contributed by atoms with Crippen LogP contribution in [-0.2, 0) is 19.1 Å². The van der Waals surface area contributed by atoms with E-state index in [1.165, 1.54) is 37.3 Å². The zero-order chi connectivity index (χ0) is 22.8. The van der Waals surface area contributed by atoms with Crippen LogP contribution < -0.4 is 9.47 Å². The predicted molar refractivity (Wildman–Crippen MR) is 110 cm³/mol. The molecule has 1 aliphatic heterocycles. The van der Waals surface area contributed by atoms with Gasteiger partial charge in [0.1, 0.15) is 12.7 Å². The number of esters is 1. The van der Waals surface area contributed by atoms with Crippen LogP contribution in [0.3, 0.4) is 0 Å². The van der Waals surface area contributed by atoms with Crippen molar-refractivity contribution < 1.29 is 36.5 Å². The molecule has 11 heteroatoms. The Morgan fingerprint density at radius 1 is 1.06 bits per heavy atom. The van der Waals surface area contributed by atoms with Crippen molar-refractivity contribution in [2.75, 3.05) is 19.4 Å². The van der Waals surface area contributed by atoms with E-state index < -0.39 is 34.0 Å². The third-order valence-corrected chi connectivity index (χ3v) is 5.02. The monoisotopic (exact) mass is 467 g/mol. The molecule has 0 saturated heterocycles. The number of amides is 2. The molecule has 0 aromatic heterocycles. The molecule has 0 bridgehead atoms. The highest BCUT2D eigenvalue weighted by atomic mass is 35.5. The molecule has 164 valence electrons. The Kier molecular flexibility index (Phi) is 6.63. The number of imide groups is 1. The summed E-state index contributed by atoms with van der Waals surface area (Å²) in [4.78, 5) is 37.4. The third-order valence-electron chi connectivity index (χ3n) is 4.16. The second-order valence-electron chi connectivity index (χ2n) is 6.68. The second-order valence-corrected chi connectivity index (χ2v) is 8.72. The van der Waals surface area contributed by atoms with Crippen LogP contribution >= 0.6 is 11.6 Å². The molecule has 0 fully saturated rings. The summed E-state index contributed by atoms with van der Waals surface area (Å²) in [5.41, 5.74) is 0.447. The minimum Gasteiger partial charge on any atom is -0.487 e. The van der Waals surface area contributed by atoms with Gasteiger partial charge in [-0.05, 0) is 24.3 Å². The van der Waals surface area contributed by atoms with Crippen molar-refractivity contribution in [1.82, 2.24) is 4.90 Å². The van der Waals surface area contributed by atoms with Crippen molar-refractivity contribution in [2.45, 2.75) is 13.0 Å². The number of carbonyl (C=O) groups excluding carboxylic acids is 3.